The summed E-state index contributed by atoms with van der Waals surface area (Å²) >= 11 is 0. The van der Waals surface area contributed by atoms with Crippen molar-refractivity contribution in [3.05, 3.63) is 0 Å². The van der Waals surface area contributed by atoms with Gasteiger partial charge in [-0.05, 0) is 32.2 Å². The van der Waals surface area contributed by atoms with E-state index >= 15 is 0 Å². The van der Waals surface area contributed by atoms with Crippen molar-refractivity contribution in [1.29, 1.82) is 0 Å². The molecule has 0 aromatic carbocycles. The molecule has 0 aromatic rings. The van der Waals surface area contributed by atoms with E-state index in [1.165, 1.54) is 32.1 Å². The van der Waals surface area contributed by atoms with Gasteiger partial charge in [-0.3, -0.25) is 0 Å². The van der Waals surface area contributed by atoms with Gasteiger partial charge in [0.05, 0.1) is 6.61 Å². The second-order valence-corrected chi connectivity index (χ2v) is 3.70. The first-order chi connectivity index (χ1) is 5.93. The van der Waals surface area contributed by atoms with E-state index in [4.69, 9.17) is 0 Å². The van der Waals surface area contributed by atoms with Crippen LogP contribution in [0.5, 0.6) is 0 Å². The molecule has 2 nitrogen and oxygen atoms in total. The third-order valence-electron chi connectivity index (χ3n) is 2.61. The summed E-state index contributed by atoms with van der Waals surface area (Å²) in [7, 11) is 0. The predicted molar refractivity (Wildman–Crippen MR) is 49.7 cm³/mol. The molecule has 12 heavy (non-hydrogen) atoms. The fourth-order valence-corrected chi connectivity index (χ4v) is 1.84. The van der Waals surface area contributed by atoms with Gasteiger partial charge in [0.2, 0.25) is 0 Å². The summed E-state index contributed by atoms with van der Waals surface area (Å²) in [5.74, 6) is 0. The largest absolute Gasteiger partial charge is 0.314 e. The Labute approximate surface area is 75.4 Å². The highest BCUT2D eigenvalue weighted by Gasteiger charge is 2.11. The normalized spacial score (nSPS) is 19.8. The van der Waals surface area contributed by atoms with Crippen LogP contribution in [0.1, 0.15) is 44.9 Å². The van der Waals surface area contributed by atoms with Crippen molar-refractivity contribution in [3.8, 4) is 0 Å². The molecule has 0 saturated heterocycles. The van der Waals surface area contributed by atoms with E-state index in [0.717, 1.165) is 25.4 Å². The van der Waals surface area contributed by atoms with Crippen LogP contribution < -0.4 is 5.32 Å². The van der Waals surface area contributed by atoms with E-state index < -0.39 is 0 Å². The lowest BCUT2D eigenvalue weighted by Crippen LogP contribution is -2.31. The highest BCUT2D eigenvalue weighted by atomic mass is 16.2. The van der Waals surface area contributed by atoms with E-state index in [2.05, 4.69) is 5.32 Å². The fourth-order valence-electron chi connectivity index (χ4n) is 1.84. The van der Waals surface area contributed by atoms with Crippen LogP contribution in [0.4, 0.5) is 0 Å². The first-order valence-corrected chi connectivity index (χ1v) is 5.25. The highest BCUT2D eigenvalue weighted by molar-refractivity contribution is 4.71. The molecular weight excluding hydrogens is 150 g/mol. The van der Waals surface area contributed by atoms with E-state index in [1.807, 2.05) is 0 Å². The van der Waals surface area contributed by atoms with E-state index in [9.17, 15) is 5.11 Å². The van der Waals surface area contributed by atoms with Crippen molar-refractivity contribution in [2.24, 2.45) is 0 Å². The molecule has 1 rings (SSSR count). The third kappa shape index (κ3) is 4.07. The zero-order valence-electron chi connectivity index (χ0n) is 7.85. The second kappa shape index (κ2) is 6.44. The van der Waals surface area contributed by atoms with Crippen LogP contribution in [-0.2, 0) is 5.11 Å². The Hall–Kier alpha value is -0.0800. The molecule has 2 heteroatoms. The topological polar surface area (TPSA) is 31.9 Å². The number of rotatable bonds is 5. The Bertz CT molecular complexity index is 100. The third-order valence-corrected chi connectivity index (χ3v) is 2.61. The SMILES string of the molecule is [O]CCCCNC1CCCCC1. The first-order valence-electron chi connectivity index (χ1n) is 5.25. The van der Waals surface area contributed by atoms with Gasteiger partial charge < -0.3 is 5.32 Å². The van der Waals surface area contributed by atoms with Crippen molar-refractivity contribution in [1.82, 2.24) is 5.32 Å². The molecule has 1 aliphatic carbocycles. The highest BCUT2D eigenvalue weighted by Crippen LogP contribution is 2.17. The molecule has 0 aliphatic heterocycles. The lowest BCUT2D eigenvalue weighted by atomic mass is 9.95. The fraction of sp³-hybridized carbons (Fsp3) is 1.00. The molecular formula is C10H20NO. The maximum absolute atomic E-state index is 10.2. The van der Waals surface area contributed by atoms with Gasteiger partial charge in [-0.25, -0.2) is 5.11 Å². The maximum atomic E-state index is 10.2. The minimum absolute atomic E-state index is 0.0896. The van der Waals surface area contributed by atoms with Gasteiger partial charge >= 0.3 is 0 Å². The molecule has 0 heterocycles. The molecule has 1 aliphatic rings. The van der Waals surface area contributed by atoms with Gasteiger partial charge in [0.1, 0.15) is 0 Å². The minimum atomic E-state index is 0.0896. The lowest BCUT2D eigenvalue weighted by molar-refractivity contribution is 0.186. The summed E-state index contributed by atoms with van der Waals surface area (Å²) in [5.41, 5.74) is 0. The molecule has 0 unspecified atom stereocenters. The Morgan fingerprint density at radius 2 is 1.83 bits per heavy atom. The molecule has 0 spiro atoms. The van der Waals surface area contributed by atoms with Crippen LogP contribution in [0.25, 0.3) is 0 Å². The number of unbranched alkanes of at least 4 members (excludes halogenated alkanes) is 1. The van der Waals surface area contributed by atoms with Crippen molar-refractivity contribution >= 4 is 0 Å². The van der Waals surface area contributed by atoms with Gasteiger partial charge in [-0.15, -0.1) is 0 Å². The van der Waals surface area contributed by atoms with Crippen LogP contribution >= 0.6 is 0 Å². The van der Waals surface area contributed by atoms with E-state index in [0.29, 0.717) is 0 Å². The summed E-state index contributed by atoms with van der Waals surface area (Å²) in [4.78, 5) is 0. The number of nitrogens with one attached hydrogen (secondary N) is 1. The summed E-state index contributed by atoms with van der Waals surface area (Å²) in [6.45, 7) is 1.14. The first kappa shape index (κ1) is 10.0. The zero-order valence-corrected chi connectivity index (χ0v) is 7.85. The summed E-state index contributed by atoms with van der Waals surface area (Å²) in [6.07, 6.45) is 8.77. The van der Waals surface area contributed by atoms with Crippen molar-refractivity contribution < 1.29 is 5.11 Å². The Balaban J connectivity index is 1.91. The van der Waals surface area contributed by atoms with Crippen LogP contribution in [0, 0.1) is 0 Å². The molecule has 71 valence electrons. The predicted octanol–water partition coefficient (Wildman–Crippen LogP) is 2.12. The van der Waals surface area contributed by atoms with Gasteiger partial charge in [0.25, 0.3) is 0 Å². The monoisotopic (exact) mass is 170 g/mol. The summed E-state index contributed by atoms with van der Waals surface area (Å²) in [5, 5.41) is 13.7. The second-order valence-electron chi connectivity index (χ2n) is 3.70. The smallest absolute Gasteiger partial charge is 0.0822 e. The van der Waals surface area contributed by atoms with Crippen molar-refractivity contribution in [2.45, 2.75) is 51.0 Å². The molecule has 1 N–H and O–H groups in total. The van der Waals surface area contributed by atoms with Crippen LogP contribution in [0.15, 0.2) is 0 Å². The molecule has 0 bridgehead atoms. The molecule has 1 saturated carbocycles. The average molecular weight is 170 g/mol. The summed E-state index contributed by atoms with van der Waals surface area (Å²) < 4.78 is 0. The van der Waals surface area contributed by atoms with Gasteiger partial charge in [0, 0.05) is 6.04 Å². The molecule has 0 atom stereocenters. The quantitative estimate of drug-likeness (QED) is 0.630. The average Bonchev–Trinajstić information content (AvgIpc) is 2.14. The Kier molecular flexibility index (Phi) is 5.37. The Morgan fingerprint density at radius 1 is 1.08 bits per heavy atom. The van der Waals surface area contributed by atoms with Crippen molar-refractivity contribution in [2.75, 3.05) is 13.2 Å². The minimum Gasteiger partial charge on any atom is -0.314 e. The van der Waals surface area contributed by atoms with Gasteiger partial charge in [-0.2, -0.15) is 0 Å². The molecule has 1 radical (unpaired) electrons. The van der Waals surface area contributed by atoms with Crippen molar-refractivity contribution in [3.63, 3.8) is 0 Å². The zero-order chi connectivity index (χ0) is 8.65. The van der Waals surface area contributed by atoms with Crippen LogP contribution in [0.2, 0.25) is 0 Å². The molecule has 1 fully saturated rings. The number of hydrogen-bond acceptors (Lipinski definition) is 1. The lowest BCUT2D eigenvalue weighted by Gasteiger charge is -2.22. The van der Waals surface area contributed by atoms with Gasteiger partial charge in [0.15, 0.2) is 0 Å². The van der Waals surface area contributed by atoms with Crippen LogP contribution in [-0.4, -0.2) is 19.2 Å². The maximum Gasteiger partial charge on any atom is 0.0822 e. The van der Waals surface area contributed by atoms with Gasteiger partial charge in [-0.1, -0.05) is 19.3 Å². The van der Waals surface area contributed by atoms with E-state index in [1.54, 1.807) is 0 Å². The molecule has 0 aromatic heterocycles. The van der Waals surface area contributed by atoms with E-state index in [-0.39, 0.29) is 6.61 Å². The van der Waals surface area contributed by atoms with Crippen LogP contribution in [0.3, 0.4) is 0 Å². The number of hydrogen-bond donors (Lipinski definition) is 1. The molecule has 0 amide bonds. The standard InChI is InChI=1S/C10H20NO/c12-9-5-4-8-11-10-6-2-1-3-7-10/h10-11H,1-9H2. The Morgan fingerprint density at radius 3 is 2.50 bits per heavy atom. The summed E-state index contributed by atoms with van der Waals surface area (Å²) in [6, 6.07) is 0.755.